The average Bonchev–Trinajstić information content (AvgIpc) is 3.18. The molecule has 3 aliphatic heterocycles. The molecular formula is C21H28N4O4. The Bertz CT molecular complexity index is 808. The molecule has 8 heteroatoms. The van der Waals surface area contributed by atoms with Crippen LogP contribution in [-0.2, 0) is 27.2 Å². The Balaban J connectivity index is 1.33. The van der Waals surface area contributed by atoms with Crippen LogP contribution >= 0.6 is 0 Å². The van der Waals surface area contributed by atoms with E-state index in [2.05, 4.69) is 15.5 Å². The first kappa shape index (κ1) is 19.8. The van der Waals surface area contributed by atoms with Gasteiger partial charge in [0, 0.05) is 44.9 Å². The highest BCUT2D eigenvalue weighted by Gasteiger charge is 2.30. The summed E-state index contributed by atoms with van der Waals surface area (Å²) in [5.74, 6) is -0.847. The second kappa shape index (κ2) is 8.51. The molecular weight excluding hydrogens is 372 g/mol. The van der Waals surface area contributed by atoms with Crippen LogP contribution in [0, 0.1) is 5.92 Å². The van der Waals surface area contributed by atoms with Crippen molar-refractivity contribution >= 4 is 29.1 Å². The minimum Gasteiger partial charge on any atom is -0.396 e. The monoisotopic (exact) mass is 400 g/mol. The van der Waals surface area contributed by atoms with Crippen molar-refractivity contribution in [3.8, 4) is 0 Å². The third-order valence-electron chi connectivity index (χ3n) is 6.08. The van der Waals surface area contributed by atoms with Crippen LogP contribution in [0.15, 0.2) is 12.1 Å². The molecule has 0 aliphatic carbocycles. The maximum absolute atomic E-state index is 12.3. The van der Waals surface area contributed by atoms with Crippen molar-refractivity contribution in [1.82, 2.24) is 10.2 Å². The number of rotatable bonds is 5. The summed E-state index contributed by atoms with van der Waals surface area (Å²) in [5.41, 5.74) is 3.73. The van der Waals surface area contributed by atoms with E-state index in [0.29, 0.717) is 37.5 Å². The predicted octanol–water partition coefficient (Wildman–Crippen LogP) is 0.281. The molecule has 1 fully saturated rings. The van der Waals surface area contributed by atoms with Gasteiger partial charge in [0.25, 0.3) is 0 Å². The lowest BCUT2D eigenvalue weighted by atomic mass is 9.91. The summed E-state index contributed by atoms with van der Waals surface area (Å²) < 4.78 is 0. The van der Waals surface area contributed by atoms with Gasteiger partial charge in [0.1, 0.15) is 0 Å². The van der Waals surface area contributed by atoms with Crippen LogP contribution < -0.4 is 15.5 Å². The third kappa shape index (κ3) is 4.28. The first-order valence-corrected chi connectivity index (χ1v) is 10.4. The SMILES string of the molecule is O=C(NCCN1CCC(CO)C1)C(=O)Nc1cc2c3c(c1)CCC(=O)N3CCC2. The van der Waals surface area contributed by atoms with Gasteiger partial charge in [0.2, 0.25) is 5.91 Å². The average molecular weight is 400 g/mol. The van der Waals surface area contributed by atoms with Crippen LogP contribution in [0.25, 0.3) is 0 Å². The summed E-state index contributed by atoms with van der Waals surface area (Å²) in [7, 11) is 0. The molecule has 1 saturated heterocycles. The number of aryl methyl sites for hydroxylation is 2. The van der Waals surface area contributed by atoms with Crippen molar-refractivity contribution in [2.45, 2.75) is 32.1 Å². The molecule has 156 valence electrons. The van der Waals surface area contributed by atoms with Crippen LogP contribution in [0.5, 0.6) is 0 Å². The number of aliphatic hydroxyl groups is 1. The number of aliphatic hydroxyl groups excluding tert-OH is 1. The molecule has 0 radical (unpaired) electrons. The summed E-state index contributed by atoms with van der Waals surface area (Å²) in [4.78, 5) is 40.6. The van der Waals surface area contributed by atoms with Crippen molar-refractivity contribution in [2.24, 2.45) is 5.92 Å². The molecule has 1 unspecified atom stereocenters. The van der Waals surface area contributed by atoms with E-state index in [9.17, 15) is 19.5 Å². The van der Waals surface area contributed by atoms with E-state index in [1.807, 2.05) is 17.0 Å². The molecule has 1 aromatic rings. The van der Waals surface area contributed by atoms with Gasteiger partial charge in [0.15, 0.2) is 0 Å². The molecule has 0 spiro atoms. The number of carbonyl (C=O) groups excluding carboxylic acids is 3. The smallest absolute Gasteiger partial charge is 0.313 e. The predicted molar refractivity (Wildman–Crippen MR) is 109 cm³/mol. The molecule has 29 heavy (non-hydrogen) atoms. The molecule has 4 rings (SSSR count). The molecule has 3 amide bonds. The highest BCUT2D eigenvalue weighted by Crippen LogP contribution is 2.37. The number of amides is 3. The number of hydrogen-bond acceptors (Lipinski definition) is 5. The number of hydrogen-bond donors (Lipinski definition) is 3. The van der Waals surface area contributed by atoms with Gasteiger partial charge in [-0.25, -0.2) is 0 Å². The Morgan fingerprint density at radius 1 is 1.10 bits per heavy atom. The molecule has 1 aromatic carbocycles. The zero-order valence-electron chi connectivity index (χ0n) is 16.6. The molecule has 0 saturated carbocycles. The quantitative estimate of drug-likeness (QED) is 0.617. The number of anilines is 2. The lowest BCUT2D eigenvalue weighted by Gasteiger charge is -2.35. The van der Waals surface area contributed by atoms with Gasteiger partial charge in [-0.2, -0.15) is 0 Å². The molecule has 3 N–H and O–H groups in total. The second-order valence-electron chi connectivity index (χ2n) is 8.14. The summed E-state index contributed by atoms with van der Waals surface area (Å²) in [6, 6.07) is 3.77. The van der Waals surface area contributed by atoms with E-state index < -0.39 is 11.8 Å². The lowest BCUT2D eigenvalue weighted by molar-refractivity contribution is -0.136. The third-order valence-corrected chi connectivity index (χ3v) is 6.08. The molecule has 3 heterocycles. The highest BCUT2D eigenvalue weighted by molar-refractivity contribution is 6.39. The van der Waals surface area contributed by atoms with Crippen molar-refractivity contribution < 1.29 is 19.5 Å². The zero-order chi connectivity index (χ0) is 20.4. The Labute approximate surface area is 170 Å². The Morgan fingerprint density at radius 2 is 1.90 bits per heavy atom. The minimum atomic E-state index is -0.675. The lowest BCUT2D eigenvalue weighted by Crippen LogP contribution is -2.40. The zero-order valence-corrected chi connectivity index (χ0v) is 16.6. The number of likely N-dealkylation sites (tertiary alicyclic amines) is 1. The van der Waals surface area contributed by atoms with Crippen molar-refractivity contribution in [3.63, 3.8) is 0 Å². The second-order valence-corrected chi connectivity index (χ2v) is 8.14. The number of carbonyl (C=O) groups is 3. The summed E-state index contributed by atoms with van der Waals surface area (Å²) in [6.45, 7) is 3.75. The molecule has 3 aliphatic rings. The normalized spacial score (nSPS) is 21.1. The summed E-state index contributed by atoms with van der Waals surface area (Å²) in [5, 5.41) is 14.6. The maximum atomic E-state index is 12.3. The molecule has 8 nitrogen and oxygen atoms in total. The van der Waals surface area contributed by atoms with Gasteiger partial charge in [-0.3, -0.25) is 14.4 Å². The van der Waals surface area contributed by atoms with E-state index >= 15 is 0 Å². The van der Waals surface area contributed by atoms with E-state index in [1.165, 1.54) is 0 Å². The fraction of sp³-hybridized carbons (Fsp3) is 0.571. The standard InChI is InChI=1S/C21H28N4O4/c26-13-14-5-8-24(12-14)9-6-22-20(28)21(29)23-17-10-15-2-1-7-25-18(27)4-3-16(11-17)19(15)25/h10-11,14,26H,1-9,12-13H2,(H,22,28)(H,23,29). The Morgan fingerprint density at radius 3 is 2.66 bits per heavy atom. The maximum Gasteiger partial charge on any atom is 0.313 e. The molecule has 0 aromatic heterocycles. The first-order chi connectivity index (χ1) is 14.0. The number of nitrogens with one attached hydrogen (secondary N) is 2. The Hall–Kier alpha value is -2.45. The first-order valence-electron chi connectivity index (χ1n) is 10.4. The van der Waals surface area contributed by atoms with Gasteiger partial charge in [-0.15, -0.1) is 0 Å². The fourth-order valence-electron chi connectivity index (χ4n) is 4.59. The number of nitrogens with zero attached hydrogens (tertiary/aromatic N) is 2. The van der Waals surface area contributed by atoms with Gasteiger partial charge in [-0.05, 0) is 61.4 Å². The van der Waals surface area contributed by atoms with E-state index in [0.717, 1.165) is 55.7 Å². The van der Waals surface area contributed by atoms with Crippen LogP contribution in [-0.4, -0.2) is 67.1 Å². The van der Waals surface area contributed by atoms with Crippen molar-refractivity contribution in [2.75, 3.05) is 49.5 Å². The van der Waals surface area contributed by atoms with Gasteiger partial charge < -0.3 is 25.5 Å². The van der Waals surface area contributed by atoms with Gasteiger partial charge >= 0.3 is 11.8 Å². The molecule has 1 atom stereocenters. The fourth-order valence-corrected chi connectivity index (χ4v) is 4.59. The van der Waals surface area contributed by atoms with Crippen LogP contribution in [0.3, 0.4) is 0 Å². The van der Waals surface area contributed by atoms with Gasteiger partial charge in [0.05, 0.1) is 5.69 Å². The van der Waals surface area contributed by atoms with E-state index in [-0.39, 0.29) is 12.5 Å². The van der Waals surface area contributed by atoms with E-state index in [1.54, 1.807) is 0 Å². The van der Waals surface area contributed by atoms with E-state index in [4.69, 9.17) is 0 Å². The van der Waals surface area contributed by atoms with Crippen molar-refractivity contribution in [3.05, 3.63) is 23.3 Å². The van der Waals surface area contributed by atoms with Crippen molar-refractivity contribution in [1.29, 1.82) is 0 Å². The van der Waals surface area contributed by atoms with Crippen LogP contribution in [0.4, 0.5) is 11.4 Å². The van der Waals surface area contributed by atoms with Crippen LogP contribution in [0.1, 0.15) is 30.4 Å². The summed E-state index contributed by atoms with van der Waals surface area (Å²) >= 11 is 0. The highest BCUT2D eigenvalue weighted by atomic mass is 16.3. The Kier molecular flexibility index (Phi) is 5.82. The summed E-state index contributed by atoms with van der Waals surface area (Å²) in [6.07, 6.45) is 3.89. The topological polar surface area (TPSA) is 102 Å². The minimum absolute atomic E-state index is 0.165. The molecule has 0 bridgehead atoms. The largest absolute Gasteiger partial charge is 0.396 e. The van der Waals surface area contributed by atoms with Gasteiger partial charge in [-0.1, -0.05) is 0 Å². The van der Waals surface area contributed by atoms with Crippen LogP contribution in [0.2, 0.25) is 0 Å². The number of benzene rings is 1.